The number of anilines is 2. The lowest BCUT2D eigenvalue weighted by Crippen LogP contribution is -2.43. The second-order valence-electron chi connectivity index (χ2n) is 9.84. The van der Waals surface area contributed by atoms with E-state index in [-0.39, 0.29) is 28.1 Å². The Labute approximate surface area is 236 Å². The smallest absolute Gasteiger partial charge is 0.313 e. The molecule has 210 valence electrons. The van der Waals surface area contributed by atoms with Gasteiger partial charge in [-0.05, 0) is 72.9 Å². The van der Waals surface area contributed by atoms with Gasteiger partial charge in [0.2, 0.25) is 0 Å². The van der Waals surface area contributed by atoms with Crippen LogP contribution in [-0.4, -0.2) is 57.2 Å². The van der Waals surface area contributed by atoms with Crippen LogP contribution in [0.25, 0.3) is 0 Å². The van der Waals surface area contributed by atoms with Crippen LogP contribution < -0.4 is 14.9 Å². The van der Waals surface area contributed by atoms with E-state index in [0.717, 1.165) is 16.9 Å². The van der Waals surface area contributed by atoms with Crippen LogP contribution in [0.15, 0.2) is 64.2 Å². The number of aryl methyl sites for hydroxylation is 1. The minimum absolute atomic E-state index is 0.0420. The van der Waals surface area contributed by atoms with Gasteiger partial charge in [-0.25, -0.2) is 12.8 Å². The number of nitrogens with one attached hydrogen (secondary N) is 2. The van der Waals surface area contributed by atoms with Crippen LogP contribution in [0.3, 0.4) is 0 Å². The molecule has 1 aromatic heterocycles. The van der Waals surface area contributed by atoms with Crippen molar-refractivity contribution in [2.75, 3.05) is 35.8 Å². The zero-order chi connectivity index (χ0) is 28.3. The largest absolute Gasteiger partial charge is 0.348 e. The average molecular weight is 585 g/mol. The monoisotopic (exact) mass is 584 g/mol. The summed E-state index contributed by atoms with van der Waals surface area (Å²) in [7, 11) is -3.73. The zero-order valence-electron chi connectivity index (χ0n) is 21.6. The maximum atomic E-state index is 14.0. The molecular formula is C28H29FN4O5S2. The maximum absolute atomic E-state index is 14.0. The highest BCUT2D eigenvalue weighted by atomic mass is 32.2. The number of carbonyl (C=O) groups excluding carboxylic acids is 3. The minimum atomic E-state index is -3.73. The highest BCUT2D eigenvalue weighted by Gasteiger charge is 2.31. The van der Waals surface area contributed by atoms with Crippen molar-refractivity contribution < 1.29 is 27.2 Å². The van der Waals surface area contributed by atoms with Gasteiger partial charge < -0.3 is 15.5 Å². The summed E-state index contributed by atoms with van der Waals surface area (Å²) >= 11 is 1.15. The van der Waals surface area contributed by atoms with Crippen molar-refractivity contribution in [3.8, 4) is 0 Å². The van der Waals surface area contributed by atoms with Crippen LogP contribution in [-0.2, 0) is 26.0 Å². The van der Waals surface area contributed by atoms with E-state index in [1.54, 1.807) is 46.7 Å². The van der Waals surface area contributed by atoms with Crippen molar-refractivity contribution in [3.63, 3.8) is 0 Å². The number of rotatable bonds is 6. The first-order valence-corrected chi connectivity index (χ1v) is 15.4. The third-order valence-corrected chi connectivity index (χ3v) is 10.4. The van der Waals surface area contributed by atoms with E-state index in [1.807, 2.05) is 0 Å². The fourth-order valence-electron chi connectivity index (χ4n) is 5.04. The molecule has 3 aromatic rings. The number of fused-ring (bicyclic) bond motifs is 1. The molecule has 9 nitrogen and oxygen atoms in total. The maximum Gasteiger partial charge on any atom is 0.313 e. The van der Waals surface area contributed by atoms with Crippen molar-refractivity contribution in [1.82, 2.24) is 10.2 Å². The summed E-state index contributed by atoms with van der Waals surface area (Å²) in [5.41, 5.74) is 1.72. The summed E-state index contributed by atoms with van der Waals surface area (Å²) in [6.07, 6.45) is 2.62. The Morgan fingerprint density at radius 1 is 0.975 bits per heavy atom. The normalized spacial score (nSPS) is 15.8. The lowest BCUT2D eigenvalue weighted by Gasteiger charge is -2.32. The molecule has 40 heavy (non-hydrogen) atoms. The molecule has 0 radical (unpaired) electrons. The number of nitrogens with zero attached hydrogens (tertiary/aromatic N) is 2. The molecule has 0 aliphatic carbocycles. The van der Waals surface area contributed by atoms with E-state index in [9.17, 15) is 27.2 Å². The standard InChI is InChI=1S/C28H29FN4O5S2/c29-23-7-2-1-6-22(23)28(36)32-14-11-19(12-15-32)18-30-26(34)27(35)31-21-10-9-20-5-3-13-33(24(20)17-21)40(37,38)25-8-4-16-39-25/h1-2,4,6-10,16-17,19H,3,5,11-15,18H2,(H,30,34)(H,31,35). The molecule has 2 aromatic carbocycles. The topological polar surface area (TPSA) is 116 Å². The molecule has 2 N–H and O–H groups in total. The molecule has 1 saturated heterocycles. The summed E-state index contributed by atoms with van der Waals surface area (Å²) in [5.74, 6) is -2.49. The molecule has 3 heterocycles. The lowest BCUT2D eigenvalue weighted by molar-refractivity contribution is -0.136. The van der Waals surface area contributed by atoms with Crippen molar-refractivity contribution in [1.29, 1.82) is 0 Å². The molecule has 12 heteroatoms. The molecule has 0 bridgehead atoms. The highest BCUT2D eigenvalue weighted by Crippen LogP contribution is 2.35. The van der Waals surface area contributed by atoms with Gasteiger partial charge in [0.15, 0.2) is 0 Å². The van der Waals surface area contributed by atoms with Crippen molar-refractivity contribution in [2.45, 2.75) is 29.9 Å². The Hall–Kier alpha value is -3.77. The van der Waals surface area contributed by atoms with Crippen LogP contribution >= 0.6 is 11.3 Å². The van der Waals surface area contributed by atoms with Crippen LogP contribution in [0, 0.1) is 11.7 Å². The average Bonchev–Trinajstić information content (AvgIpc) is 3.52. The fraction of sp³-hybridized carbons (Fsp3) is 0.321. The summed E-state index contributed by atoms with van der Waals surface area (Å²) < 4.78 is 41.9. The first-order chi connectivity index (χ1) is 19.2. The van der Waals surface area contributed by atoms with E-state index >= 15 is 0 Å². The Morgan fingerprint density at radius 2 is 1.75 bits per heavy atom. The van der Waals surface area contributed by atoms with Gasteiger partial charge in [-0.3, -0.25) is 18.7 Å². The molecule has 1 fully saturated rings. The number of piperidine rings is 1. The molecule has 0 spiro atoms. The van der Waals surface area contributed by atoms with Crippen molar-refractivity contribution in [2.24, 2.45) is 5.92 Å². The molecule has 5 rings (SSSR count). The van der Waals surface area contributed by atoms with Gasteiger partial charge in [-0.1, -0.05) is 24.3 Å². The van der Waals surface area contributed by atoms with E-state index in [0.29, 0.717) is 56.7 Å². The number of amides is 3. The number of halogens is 1. The Bertz CT molecular complexity index is 1520. The van der Waals surface area contributed by atoms with Crippen molar-refractivity contribution in [3.05, 3.63) is 76.9 Å². The van der Waals surface area contributed by atoms with E-state index < -0.39 is 27.7 Å². The number of benzene rings is 2. The molecule has 2 aliphatic rings. The lowest BCUT2D eigenvalue weighted by atomic mass is 9.96. The van der Waals surface area contributed by atoms with Crippen LogP contribution in [0.2, 0.25) is 0 Å². The second-order valence-corrected chi connectivity index (χ2v) is 12.9. The quantitative estimate of drug-likeness (QED) is 0.430. The highest BCUT2D eigenvalue weighted by molar-refractivity contribution is 7.94. The number of hydrogen-bond acceptors (Lipinski definition) is 6. The van der Waals surface area contributed by atoms with E-state index in [2.05, 4.69) is 10.6 Å². The predicted octanol–water partition coefficient (Wildman–Crippen LogP) is 3.64. The number of likely N-dealkylation sites (tertiary alicyclic amines) is 1. The zero-order valence-corrected chi connectivity index (χ0v) is 23.3. The Kier molecular flexibility index (Phi) is 8.17. The molecule has 0 atom stereocenters. The van der Waals surface area contributed by atoms with Gasteiger partial charge in [0, 0.05) is 31.9 Å². The van der Waals surface area contributed by atoms with E-state index in [4.69, 9.17) is 0 Å². The molecule has 3 amide bonds. The number of hydrogen-bond donors (Lipinski definition) is 2. The molecular weight excluding hydrogens is 555 g/mol. The minimum Gasteiger partial charge on any atom is -0.348 e. The SMILES string of the molecule is O=C(NCC1CCN(C(=O)c2ccccc2F)CC1)C(=O)Nc1ccc2c(c1)N(S(=O)(=O)c1cccs1)CCC2. The van der Waals surface area contributed by atoms with Crippen LogP contribution in [0.5, 0.6) is 0 Å². The first-order valence-electron chi connectivity index (χ1n) is 13.1. The summed E-state index contributed by atoms with van der Waals surface area (Å²) in [5, 5.41) is 6.94. The van der Waals surface area contributed by atoms with Gasteiger partial charge in [0.25, 0.3) is 15.9 Å². The van der Waals surface area contributed by atoms with Crippen molar-refractivity contribution >= 4 is 50.5 Å². The van der Waals surface area contributed by atoms with Gasteiger partial charge in [-0.2, -0.15) is 0 Å². The molecule has 0 unspecified atom stereocenters. The van der Waals surface area contributed by atoms with E-state index in [1.165, 1.54) is 22.5 Å². The van der Waals surface area contributed by atoms with Gasteiger partial charge in [-0.15, -0.1) is 11.3 Å². The number of sulfonamides is 1. The Morgan fingerprint density at radius 3 is 2.48 bits per heavy atom. The summed E-state index contributed by atoms with van der Waals surface area (Å²) in [6, 6.07) is 14.2. The number of thiophene rings is 1. The fourth-order valence-corrected chi connectivity index (χ4v) is 7.68. The second kappa shape index (κ2) is 11.8. The van der Waals surface area contributed by atoms with Crippen LogP contribution in [0.1, 0.15) is 35.2 Å². The van der Waals surface area contributed by atoms with Gasteiger partial charge in [0.1, 0.15) is 10.0 Å². The predicted molar refractivity (Wildman–Crippen MR) is 150 cm³/mol. The third-order valence-electron chi connectivity index (χ3n) is 7.22. The Balaban J connectivity index is 1.15. The van der Waals surface area contributed by atoms with Gasteiger partial charge in [0.05, 0.1) is 11.3 Å². The molecule has 2 aliphatic heterocycles. The third kappa shape index (κ3) is 5.87. The molecule has 0 saturated carbocycles. The number of carbonyl (C=O) groups is 3. The summed E-state index contributed by atoms with van der Waals surface area (Å²) in [4.78, 5) is 39.3. The first kappa shape index (κ1) is 27.8. The van der Waals surface area contributed by atoms with Gasteiger partial charge >= 0.3 is 11.8 Å². The summed E-state index contributed by atoms with van der Waals surface area (Å²) in [6.45, 7) is 1.46. The van der Waals surface area contributed by atoms with Crippen LogP contribution in [0.4, 0.5) is 15.8 Å².